The summed E-state index contributed by atoms with van der Waals surface area (Å²) in [4.78, 5) is 24.1. The van der Waals surface area contributed by atoms with Gasteiger partial charge in [0.2, 0.25) is 6.79 Å². The van der Waals surface area contributed by atoms with E-state index < -0.39 is 10.5 Å². The zero-order chi connectivity index (χ0) is 19.0. The van der Waals surface area contributed by atoms with Crippen LogP contribution in [0.1, 0.15) is 5.56 Å². The average Bonchev–Trinajstić information content (AvgIpc) is 3.28. The van der Waals surface area contributed by atoms with Crippen LogP contribution in [0.5, 0.6) is 11.5 Å². The quantitative estimate of drug-likeness (QED) is 0.630. The molecule has 1 fully saturated rings. The Hall–Kier alpha value is -4.00. The topological polar surface area (TPSA) is 131 Å². The van der Waals surface area contributed by atoms with Gasteiger partial charge in [-0.15, -0.1) is 0 Å². The molecule has 0 spiro atoms. The number of rotatable bonds is 3. The van der Waals surface area contributed by atoms with E-state index in [2.05, 4.69) is 5.32 Å². The highest BCUT2D eigenvalue weighted by molar-refractivity contribution is 5.71. The van der Waals surface area contributed by atoms with Gasteiger partial charge in [0.1, 0.15) is 11.8 Å². The minimum absolute atomic E-state index is 0.107. The maximum Gasteiger partial charge on any atom is 0.356 e. The minimum Gasteiger partial charge on any atom is -0.454 e. The molecule has 0 bridgehead atoms. The SMILES string of the molecule is N#Cc1c(N2CCN/C2=C\[N+](=O)[O-])cc(-c2ccc3c(c2)OCO3)oc1=O. The lowest BCUT2D eigenvalue weighted by Gasteiger charge is -2.18. The fraction of sp³-hybridized carbons (Fsp3) is 0.176. The van der Waals surface area contributed by atoms with Crippen LogP contribution in [0.15, 0.2) is 45.5 Å². The highest BCUT2D eigenvalue weighted by Crippen LogP contribution is 2.37. The number of hydrogen-bond acceptors (Lipinski definition) is 9. The average molecular weight is 368 g/mol. The van der Waals surface area contributed by atoms with Crippen molar-refractivity contribution in [1.82, 2.24) is 5.32 Å². The van der Waals surface area contributed by atoms with Crippen molar-refractivity contribution in [3.63, 3.8) is 0 Å². The molecule has 2 aromatic rings. The second-order valence-electron chi connectivity index (χ2n) is 5.72. The van der Waals surface area contributed by atoms with E-state index in [0.717, 1.165) is 6.20 Å². The molecule has 0 atom stereocenters. The van der Waals surface area contributed by atoms with E-state index in [0.29, 0.717) is 30.2 Å². The largest absolute Gasteiger partial charge is 0.454 e. The molecule has 1 aromatic heterocycles. The molecule has 1 N–H and O–H groups in total. The van der Waals surface area contributed by atoms with E-state index in [1.807, 2.05) is 6.07 Å². The van der Waals surface area contributed by atoms with Crippen molar-refractivity contribution in [2.24, 2.45) is 0 Å². The molecule has 0 amide bonds. The van der Waals surface area contributed by atoms with Crippen LogP contribution in [0.2, 0.25) is 0 Å². The molecule has 27 heavy (non-hydrogen) atoms. The number of hydrogen-bond donors (Lipinski definition) is 1. The van der Waals surface area contributed by atoms with Gasteiger partial charge < -0.3 is 24.1 Å². The summed E-state index contributed by atoms with van der Waals surface area (Å²) < 4.78 is 15.9. The Balaban J connectivity index is 1.84. The maximum absolute atomic E-state index is 12.3. The first-order chi connectivity index (χ1) is 13.1. The molecular formula is C17H12N4O6. The number of benzene rings is 1. The van der Waals surface area contributed by atoms with Gasteiger partial charge in [0, 0.05) is 24.7 Å². The summed E-state index contributed by atoms with van der Waals surface area (Å²) in [6.07, 6.45) is 0.795. The summed E-state index contributed by atoms with van der Waals surface area (Å²) in [5, 5.41) is 23.1. The normalized spacial score (nSPS) is 16.3. The second kappa shape index (κ2) is 6.38. The van der Waals surface area contributed by atoms with Crippen molar-refractivity contribution in [2.75, 3.05) is 24.8 Å². The molecule has 0 saturated carbocycles. The maximum atomic E-state index is 12.3. The lowest BCUT2D eigenvalue weighted by molar-refractivity contribution is -0.403. The van der Waals surface area contributed by atoms with Crippen molar-refractivity contribution < 1.29 is 18.8 Å². The number of ether oxygens (including phenoxy) is 2. The van der Waals surface area contributed by atoms with E-state index in [1.54, 1.807) is 18.2 Å². The zero-order valence-electron chi connectivity index (χ0n) is 13.8. The summed E-state index contributed by atoms with van der Waals surface area (Å²) in [6, 6.07) is 8.37. The van der Waals surface area contributed by atoms with E-state index in [4.69, 9.17) is 13.9 Å². The molecule has 0 radical (unpaired) electrons. The molecule has 1 aromatic carbocycles. The monoisotopic (exact) mass is 368 g/mol. The van der Waals surface area contributed by atoms with Crippen LogP contribution in [-0.4, -0.2) is 24.8 Å². The number of fused-ring (bicyclic) bond motifs is 1. The van der Waals surface area contributed by atoms with Gasteiger partial charge in [-0.1, -0.05) is 0 Å². The minimum atomic E-state index is -0.824. The van der Waals surface area contributed by atoms with Crippen molar-refractivity contribution in [1.29, 1.82) is 5.26 Å². The van der Waals surface area contributed by atoms with Gasteiger partial charge >= 0.3 is 5.63 Å². The van der Waals surface area contributed by atoms with Crippen LogP contribution in [0.3, 0.4) is 0 Å². The van der Waals surface area contributed by atoms with Crippen molar-refractivity contribution in [3.05, 3.63) is 62.4 Å². The highest BCUT2D eigenvalue weighted by atomic mass is 16.7. The smallest absolute Gasteiger partial charge is 0.356 e. The number of nitro groups is 1. The van der Waals surface area contributed by atoms with Crippen molar-refractivity contribution >= 4 is 5.69 Å². The van der Waals surface area contributed by atoms with Crippen LogP contribution in [-0.2, 0) is 0 Å². The molecule has 4 rings (SSSR count). The first-order valence-electron chi connectivity index (χ1n) is 7.92. The molecule has 0 unspecified atom stereocenters. The number of nitrogens with zero attached hydrogens (tertiary/aromatic N) is 3. The lowest BCUT2D eigenvalue weighted by atomic mass is 10.1. The Morgan fingerprint density at radius 2 is 2.11 bits per heavy atom. The number of nitrogens with one attached hydrogen (secondary N) is 1. The Morgan fingerprint density at radius 3 is 2.89 bits per heavy atom. The van der Waals surface area contributed by atoms with Gasteiger partial charge in [0.25, 0.3) is 6.20 Å². The van der Waals surface area contributed by atoms with E-state index in [9.17, 15) is 20.2 Å². The molecule has 0 aliphatic carbocycles. The van der Waals surface area contributed by atoms with Crippen LogP contribution < -0.4 is 25.3 Å². The van der Waals surface area contributed by atoms with Crippen molar-refractivity contribution in [3.8, 4) is 28.9 Å². The van der Waals surface area contributed by atoms with Gasteiger partial charge in [0.05, 0.1) is 10.6 Å². The fourth-order valence-electron chi connectivity index (χ4n) is 2.97. The van der Waals surface area contributed by atoms with E-state index in [1.165, 1.54) is 11.0 Å². The molecule has 2 aliphatic rings. The second-order valence-corrected chi connectivity index (χ2v) is 5.72. The number of nitriles is 1. The molecule has 10 heteroatoms. The molecule has 1 saturated heterocycles. The predicted octanol–water partition coefficient (Wildman–Crippen LogP) is 1.39. The van der Waals surface area contributed by atoms with Crippen molar-refractivity contribution in [2.45, 2.75) is 0 Å². The Labute approximate surface area is 152 Å². The van der Waals surface area contributed by atoms with Crippen LogP contribution in [0.25, 0.3) is 11.3 Å². The predicted molar refractivity (Wildman–Crippen MR) is 91.7 cm³/mol. The zero-order valence-corrected chi connectivity index (χ0v) is 13.8. The van der Waals surface area contributed by atoms with Crippen LogP contribution in [0.4, 0.5) is 5.69 Å². The first kappa shape index (κ1) is 16.5. The molecule has 136 valence electrons. The first-order valence-corrected chi connectivity index (χ1v) is 7.92. The molecule has 3 heterocycles. The summed E-state index contributed by atoms with van der Waals surface area (Å²) in [6.45, 7) is 0.901. The molecular weight excluding hydrogens is 356 g/mol. The van der Waals surface area contributed by atoms with Gasteiger partial charge in [-0.25, -0.2) is 4.79 Å². The third-order valence-electron chi connectivity index (χ3n) is 4.15. The standard InChI is InChI=1S/C17H12N4O6/c18-7-11-12(20-4-3-19-16(20)8-21(23)24)6-14(27-17(11)22)10-1-2-13-15(5-10)26-9-25-13/h1-2,5-6,8,19H,3-4,9H2/b16-8+. The fourth-order valence-corrected chi connectivity index (χ4v) is 2.97. The molecule has 10 nitrogen and oxygen atoms in total. The van der Waals surface area contributed by atoms with E-state index in [-0.39, 0.29) is 29.6 Å². The van der Waals surface area contributed by atoms with Gasteiger partial charge in [-0.3, -0.25) is 10.1 Å². The third kappa shape index (κ3) is 2.91. The summed E-state index contributed by atoms with van der Waals surface area (Å²) >= 11 is 0. The molecule has 2 aliphatic heterocycles. The highest BCUT2D eigenvalue weighted by Gasteiger charge is 2.27. The van der Waals surface area contributed by atoms with Gasteiger partial charge in [-0.2, -0.15) is 5.26 Å². The number of anilines is 1. The Kier molecular flexibility index (Phi) is 3.89. The third-order valence-corrected chi connectivity index (χ3v) is 4.15. The summed E-state index contributed by atoms with van der Waals surface area (Å²) in [5.74, 6) is 1.49. The van der Waals surface area contributed by atoms with Gasteiger partial charge in [0.15, 0.2) is 22.9 Å². The Bertz CT molecular complexity index is 1070. The van der Waals surface area contributed by atoms with Crippen LogP contribution in [0, 0.1) is 21.4 Å². The van der Waals surface area contributed by atoms with Crippen LogP contribution >= 0.6 is 0 Å². The van der Waals surface area contributed by atoms with E-state index >= 15 is 0 Å². The summed E-state index contributed by atoms with van der Waals surface area (Å²) in [7, 11) is 0. The lowest BCUT2D eigenvalue weighted by Crippen LogP contribution is -2.23. The Morgan fingerprint density at radius 1 is 1.30 bits per heavy atom. The summed E-state index contributed by atoms with van der Waals surface area (Å²) in [5.41, 5.74) is -0.263. The van der Waals surface area contributed by atoms with Gasteiger partial charge in [-0.05, 0) is 18.2 Å².